The fraction of sp³-hybridized carbons (Fsp3) is 0.636. The zero-order valence-electron chi connectivity index (χ0n) is 8.58. The predicted octanol–water partition coefficient (Wildman–Crippen LogP) is 2.82. The van der Waals surface area contributed by atoms with Crippen molar-refractivity contribution in [1.29, 1.82) is 0 Å². The molecule has 14 heavy (non-hydrogen) atoms. The van der Waals surface area contributed by atoms with Crippen molar-refractivity contribution in [1.82, 2.24) is 5.32 Å². The molecule has 78 valence electrons. The number of thioether (sulfide) groups is 1. The Balaban J connectivity index is 1.56. The Bertz CT molecular complexity index is 281. The molecule has 0 saturated heterocycles. The maximum Gasteiger partial charge on any atom is 0.114 e. The van der Waals surface area contributed by atoms with Crippen LogP contribution in [0.25, 0.3) is 0 Å². The summed E-state index contributed by atoms with van der Waals surface area (Å²) in [7, 11) is 0. The smallest absolute Gasteiger partial charge is 0.114 e. The van der Waals surface area contributed by atoms with E-state index >= 15 is 0 Å². The Labute approximate surface area is 89.4 Å². The normalized spacial score (nSPS) is 16.1. The number of aryl methyl sites for hydroxylation is 1. The first kappa shape index (κ1) is 10.1. The first-order chi connectivity index (χ1) is 6.86. The molecule has 1 aliphatic carbocycles. The monoisotopic (exact) mass is 211 g/mol. The zero-order chi connectivity index (χ0) is 9.80. The molecular weight excluding hydrogens is 194 g/mol. The summed E-state index contributed by atoms with van der Waals surface area (Å²) in [6, 6.07) is 2.89. The highest BCUT2D eigenvalue weighted by molar-refractivity contribution is 7.99. The van der Waals surface area contributed by atoms with Gasteiger partial charge in [-0.1, -0.05) is 0 Å². The van der Waals surface area contributed by atoms with Crippen molar-refractivity contribution in [3.8, 4) is 0 Å². The van der Waals surface area contributed by atoms with Gasteiger partial charge in [0.2, 0.25) is 0 Å². The largest absolute Gasteiger partial charge is 0.468 e. The predicted molar refractivity (Wildman–Crippen MR) is 59.8 cm³/mol. The lowest BCUT2D eigenvalue weighted by atomic mass is 10.5. The summed E-state index contributed by atoms with van der Waals surface area (Å²) in [5, 5.41) is 3.51. The molecule has 2 rings (SSSR count). The van der Waals surface area contributed by atoms with Gasteiger partial charge in [-0.3, -0.25) is 0 Å². The lowest BCUT2D eigenvalue weighted by Gasteiger charge is -2.01. The van der Waals surface area contributed by atoms with Crippen LogP contribution < -0.4 is 5.32 Å². The van der Waals surface area contributed by atoms with Crippen molar-refractivity contribution in [2.24, 2.45) is 0 Å². The van der Waals surface area contributed by atoms with Crippen LogP contribution in [0.4, 0.5) is 0 Å². The third-order valence-corrected chi connectivity index (χ3v) is 3.63. The Hall–Kier alpha value is -0.410. The summed E-state index contributed by atoms with van der Waals surface area (Å²) >= 11 is 1.89. The summed E-state index contributed by atoms with van der Waals surface area (Å²) < 4.78 is 5.23. The Morgan fingerprint density at radius 1 is 1.57 bits per heavy atom. The number of furan rings is 1. The van der Waals surface area contributed by atoms with E-state index < -0.39 is 0 Å². The molecule has 1 aromatic rings. The Morgan fingerprint density at radius 2 is 2.43 bits per heavy atom. The molecule has 0 unspecified atom stereocenters. The van der Waals surface area contributed by atoms with Crippen LogP contribution in [0.2, 0.25) is 0 Å². The van der Waals surface area contributed by atoms with Gasteiger partial charge < -0.3 is 9.73 Å². The minimum atomic E-state index is 0.843. The summed E-state index contributed by atoms with van der Waals surface area (Å²) in [5.41, 5.74) is 0. The molecule has 0 bridgehead atoms. The maximum atomic E-state index is 5.23. The lowest BCUT2D eigenvalue weighted by Crippen LogP contribution is -2.17. The molecule has 1 aromatic heterocycles. The van der Waals surface area contributed by atoms with E-state index in [1.807, 2.05) is 24.8 Å². The minimum absolute atomic E-state index is 0.843. The van der Waals surface area contributed by atoms with Crippen LogP contribution in [0, 0.1) is 6.92 Å². The minimum Gasteiger partial charge on any atom is -0.468 e. The molecule has 0 spiro atoms. The van der Waals surface area contributed by atoms with Crippen LogP contribution in [-0.4, -0.2) is 18.3 Å². The van der Waals surface area contributed by atoms with E-state index in [1.165, 1.54) is 29.9 Å². The first-order valence-corrected chi connectivity index (χ1v) is 6.25. The third kappa shape index (κ3) is 3.07. The van der Waals surface area contributed by atoms with Crippen LogP contribution in [0.15, 0.2) is 21.6 Å². The van der Waals surface area contributed by atoms with Crippen LogP contribution in [0.1, 0.15) is 25.0 Å². The molecule has 0 aliphatic heterocycles. The summed E-state index contributed by atoms with van der Waals surface area (Å²) in [5.74, 6) is 2.23. The van der Waals surface area contributed by atoms with Gasteiger partial charge in [-0.2, -0.15) is 0 Å². The average molecular weight is 211 g/mol. The van der Waals surface area contributed by atoms with Gasteiger partial charge in [-0.25, -0.2) is 0 Å². The van der Waals surface area contributed by atoms with Crippen LogP contribution in [0.5, 0.6) is 0 Å². The molecule has 1 aliphatic rings. The Kier molecular flexibility index (Phi) is 3.54. The molecule has 0 aromatic carbocycles. The van der Waals surface area contributed by atoms with E-state index in [0.717, 1.165) is 18.3 Å². The van der Waals surface area contributed by atoms with Crippen molar-refractivity contribution < 1.29 is 4.42 Å². The summed E-state index contributed by atoms with van der Waals surface area (Å²) in [6.45, 7) is 3.18. The van der Waals surface area contributed by atoms with Crippen LogP contribution in [-0.2, 0) is 0 Å². The van der Waals surface area contributed by atoms with E-state index in [1.54, 1.807) is 6.26 Å². The van der Waals surface area contributed by atoms with Gasteiger partial charge in [0.15, 0.2) is 0 Å². The van der Waals surface area contributed by atoms with Gasteiger partial charge >= 0.3 is 0 Å². The Morgan fingerprint density at radius 3 is 3.07 bits per heavy atom. The second kappa shape index (κ2) is 4.89. The highest BCUT2D eigenvalue weighted by Crippen LogP contribution is 2.23. The molecule has 3 heteroatoms. The summed E-state index contributed by atoms with van der Waals surface area (Å²) in [4.78, 5) is 1.29. The number of rotatable bonds is 6. The molecule has 1 heterocycles. The third-order valence-electron chi connectivity index (χ3n) is 2.40. The van der Waals surface area contributed by atoms with Crippen molar-refractivity contribution >= 4 is 11.8 Å². The standard InChI is InChI=1S/C11H17NOS/c1-9-11(5-7-13-9)14-8-2-6-12-10-3-4-10/h5,7,10,12H,2-4,6,8H2,1H3. The summed E-state index contributed by atoms with van der Waals surface area (Å²) in [6.07, 6.45) is 5.77. The van der Waals surface area contributed by atoms with E-state index in [0.29, 0.717) is 0 Å². The van der Waals surface area contributed by atoms with Crippen molar-refractivity contribution in [3.63, 3.8) is 0 Å². The second-order valence-electron chi connectivity index (χ2n) is 3.77. The van der Waals surface area contributed by atoms with Gasteiger partial charge in [0, 0.05) is 10.9 Å². The number of nitrogens with one attached hydrogen (secondary N) is 1. The topological polar surface area (TPSA) is 25.2 Å². The molecule has 1 saturated carbocycles. The van der Waals surface area contributed by atoms with Crippen molar-refractivity contribution in [2.45, 2.75) is 37.1 Å². The molecule has 0 atom stereocenters. The quantitative estimate of drug-likeness (QED) is 0.578. The maximum absolute atomic E-state index is 5.23. The van der Waals surface area contributed by atoms with Gasteiger partial charge in [0.05, 0.1) is 6.26 Å². The van der Waals surface area contributed by atoms with Crippen LogP contribution in [0.3, 0.4) is 0 Å². The van der Waals surface area contributed by atoms with Gasteiger partial charge in [0.1, 0.15) is 5.76 Å². The first-order valence-electron chi connectivity index (χ1n) is 5.26. The van der Waals surface area contributed by atoms with Gasteiger partial charge in [0.25, 0.3) is 0 Å². The number of hydrogen-bond acceptors (Lipinski definition) is 3. The van der Waals surface area contributed by atoms with E-state index in [9.17, 15) is 0 Å². The zero-order valence-corrected chi connectivity index (χ0v) is 9.40. The molecule has 0 radical (unpaired) electrons. The van der Waals surface area contributed by atoms with Gasteiger partial charge in [-0.15, -0.1) is 11.8 Å². The number of hydrogen-bond donors (Lipinski definition) is 1. The van der Waals surface area contributed by atoms with Crippen LogP contribution >= 0.6 is 11.8 Å². The second-order valence-corrected chi connectivity index (χ2v) is 4.91. The highest BCUT2D eigenvalue weighted by Gasteiger charge is 2.19. The van der Waals surface area contributed by atoms with E-state index in [-0.39, 0.29) is 0 Å². The van der Waals surface area contributed by atoms with Gasteiger partial charge in [-0.05, 0) is 44.6 Å². The SMILES string of the molecule is Cc1occc1SCCCNC1CC1. The average Bonchev–Trinajstić information content (AvgIpc) is 2.91. The fourth-order valence-electron chi connectivity index (χ4n) is 1.37. The lowest BCUT2D eigenvalue weighted by molar-refractivity contribution is 0.527. The van der Waals surface area contributed by atoms with Crippen molar-refractivity contribution in [3.05, 3.63) is 18.1 Å². The highest BCUT2D eigenvalue weighted by atomic mass is 32.2. The molecule has 1 N–H and O–H groups in total. The fourth-order valence-corrected chi connectivity index (χ4v) is 2.28. The molecule has 2 nitrogen and oxygen atoms in total. The van der Waals surface area contributed by atoms with E-state index in [4.69, 9.17) is 4.42 Å². The molecule has 1 fully saturated rings. The molecular formula is C11H17NOS. The van der Waals surface area contributed by atoms with E-state index in [2.05, 4.69) is 5.32 Å². The van der Waals surface area contributed by atoms with Crippen molar-refractivity contribution in [2.75, 3.05) is 12.3 Å². The molecule has 0 amide bonds.